The van der Waals surface area contributed by atoms with Gasteiger partial charge in [0.05, 0.1) is 0 Å². The van der Waals surface area contributed by atoms with E-state index in [4.69, 9.17) is 15.2 Å². The first-order valence-electron chi connectivity index (χ1n) is 9.60. The smallest absolute Gasteiger partial charge is 0.231 e. The number of aromatic nitrogens is 2. The summed E-state index contributed by atoms with van der Waals surface area (Å²) in [5, 5.41) is 3.27. The molecule has 29 heavy (non-hydrogen) atoms. The molecule has 0 aliphatic carbocycles. The van der Waals surface area contributed by atoms with Crippen molar-refractivity contribution < 1.29 is 9.47 Å². The maximum Gasteiger partial charge on any atom is 0.231 e. The van der Waals surface area contributed by atoms with Gasteiger partial charge in [0.2, 0.25) is 6.79 Å². The molecule has 0 radical (unpaired) electrons. The molecule has 8 heteroatoms. The van der Waals surface area contributed by atoms with Crippen LogP contribution in [0.15, 0.2) is 54.9 Å². The van der Waals surface area contributed by atoms with Crippen molar-refractivity contribution in [2.75, 3.05) is 53.8 Å². The van der Waals surface area contributed by atoms with Crippen molar-refractivity contribution in [3.8, 4) is 11.5 Å². The van der Waals surface area contributed by atoms with Gasteiger partial charge in [0.25, 0.3) is 0 Å². The van der Waals surface area contributed by atoms with E-state index in [0.29, 0.717) is 17.3 Å². The molecule has 3 aromatic rings. The van der Waals surface area contributed by atoms with Crippen LogP contribution in [-0.2, 0) is 0 Å². The number of benzene rings is 2. The van der Waals surface area contributed by atoms with E-state index >= 15 is 0 Å². The lowest BCUT2D eigenvalue weighted by atomic mass is 10.2. The second-order valence-electron chi connectivity index (χ2n) is 6.96. The molecule has 3 heterocycles. The number of nitrogens with zero attached hydrogens (tertiary/aromatic N) is 4. The molecule has 0 bridgehead atoms. The summed E-state index contributed by atoms with van der Waals surface area (Å²) in [6.45, 7) is 3.77. The van der Waals surface area contributed by atoms with E-state index in [9.17, 15) is 0 Å². The molecule has 1 saturated heterocycles. The zero-order chi connectivity index (χ0) is 19.6. The van der Waals surface area contributed by atoms with Crippen LogP contribution in [0.1, 0.15) is 0 Å². The Kier molecular flexibility index (Phi) is 4.44. The molecule has 0 spiro atoms. The number of hydrogen-bond donors (Lipinski definition) is 2. The highest BCUT2D eigenvalue weighted by molar-refractivity contribution is 5.79. The summed E-state index contributed by atoms with van der Waals surface area (Å²) in [6.07, 6.45) is 1.55. The Morgan fingerprint density at radius 3 is 2.45 bits per heavy atom. The van der Waals surface area contributed by atoms with Crippen molar-refractivity contribution in [3.63, 3.8) is 0 Å². The molecule has 2 aliphatic rings. The first kappa shape index (κ1) is 17.4. The van der Waals surface area contributed by atoms with Gasteiger partial charge in [0.1, 0.15) is 12.0 Å². The zero-order valence-electron chi connectivity index (χ0n) is 15.9. The van der Waals surface area contributed by atoms with Crippen molar-refractivity contribution in [2.45, 2.75) is 0 Å². The fraction of sp³-hybridized carbons (Fsp3) is 0.238. The van der Waals surface area contributed by atoms with Crippen molar-refractivity contribution in [1.82, 2.24) is 9.97 Å². The summed E-state index contributed by atoms with van der Waals surface area (Å²) in [4.78, 5) is 13.4. The molecule has 148 valence electrons. The van der Waals surface area contributed by atoms with Crippen LogP contribution in [0.2, 0.25) is 0 Å². The average molecular weight is 390 g/mol. The standard InChI is InChI=1S/C21H22N6O2/c22-19-20(25-15-6-7-17-18(12-15)29-14-28-17)23-13-24-21(19)27-10-8-26(9-11-27)16-4-2-1-3-5-16/h1-7,12-13H,8-11,14,22H2,(H,23,24,25). The highest BCUT2D eigenvalue weighted by atomic mass is 16.7. The second-order valence-corrected chi connectivity index (χ2v) is 6.96. The van der Waals surface area contributed by atoms with Crippen LogP contribution in [0.4, 0.5) is 28.7 Å². The number of ether oxygens (including phenoxy) is 2. The third-order valence-electron chi connectivity index (χ3n) is 5.20. The van der Waals surface area contributed by atoms with Crippen LogP contribution in [-0.4, -0.2) is 42.9 Å². The third kappa shape index (κ3) is 3.44. The van der Waals surface area contributed by atoms with Gasteiger partial charge < -0.3 is 30.3 Å². The highest BCUT2D eigenvalue weighted by Crippen LogP contribution is 2.36. The normalized spacial score (nSPS) is 15.4. The van der Waals surface area contributed by atoms with Gasteiger partial charge in [-0.3, -0.25) is 0 Å². The number of para-hydroxylation sites is 1. The monoisotopic (exact) mass is 390 g/mol. The molecule has 0 saturated carbocycles. The Hall–Kier alpha value is -3.68. The molecule has 2 aliphatic heterocycles. The lowest BCUT2D eigenvalue weighted by molar-refractivity contribution is 0.174. The summed E-state index contributed by atoms with van der Waals surface area (Å²) >= 11 is 0. The van der Waals surface area contributed by atoms with Crippen LogP contribution in [0.5, 0.6) is 11.5 Å². The fourth-order valence-electron chi connectivity index (χ4n) is 3.66. The predicted octanol–water partition coefficient (Wildman–Crippen LogP) is 2.86. The largest absolute Gasteiger partial charge is 0.454 e. The highest BCUT2D eigenvalue weighted by Gasteiger charge is 2.22. The Labute approximate surface area is 168 Å². The number of nitrogen functional groups attached to an aromatic ring is 1. The maximum absolute atomic E-state index is 6.42. The van der Waals surface area contributed by atoms with Crippen molar-refractivity contribution in [3.05, 3.63) is 54.9 Å². The van der Waals surface area contributed by atoms with E-state index in [1.54, 1.807) is 6.33 Å². The molecule has 1 fully saturated rings. The lowest BCUT2D eigenvalue weighted by Crippen LogP contribution is -2.47. The van der Waals surface area contributed by atoms with E-state index in [-0.39, 0.29) is 6.79 Å². The van der Waals surface area contributed by atoms with Crippen molar-refractivity contribution in [2.24, 2.45) is 0 Å². The van der Waals surface area contributed by atoms with Crippen LogP contribution in [0.25, 0.3) is 0 Å². The number of piperazine rings is 1. The molecule has 2 aromatic carbocycles. The van der Waals surface area contributed by atoms with Crippen LogP contribution in [0.3, 0.4) is 0 Å². The Bertz CT molecular complexity index is 1010. The molecular formula is C21H22N6O2. The number of fused-ring (bicyclic) bond motifs is 1. The van der Waals surface area contributed by atoms with Gasteiger partial charge in [-0.05, 0) is 24.3 Å². The SMILES string of the molecule is Nc1c(Nc2ccc3c(c2)OCO3)ncnc1N1CCN(c2ccccc2)CC1. The van der Waals surface area contributed by atoms with Crippen LogP contribution < -0.4 is 30.3 Å². The van der Waals surface area contributed by atoms with Crippen LogP contribution >= 0.6 is 0 Å². The number of hydrogen-bond acceptors (Lipinski definition) is 8. The predicted molar refractivity (Wildman–Crippen MR) is 113 cm³/mol. The first-order valence-corrected chi connectivity index (χ1v) is 9.60. The number of anilines is 5. The number of rotatable bonds is 4. The molecule has 5 rings (SSSR count). The topological polar surface area (TPSA) is 88.8 Å². The lowest BCUT2D eigenvalue weighted by Gasteiger charge is -2.37. The molecule has 1 aromatic heterocycles. The third-order valence-corrected chi connectivity index (χ3v) is 5.20. The molecule has 0 unspecified atom stereocenters. The Morgan fingerprint density at radius 2 is 1.62 bits per heavy atom. The summed E-state index contributed by atoms with van der Waals surface area (Å²) in [5.41, 5.74) is 9.04. The summed E-state index contributed by atoms with van der Waals surface area (Å²) < 4.78 is 10.8. The van der Waals surface area contributed by atoms with Gasteiger partial charge in [-0.15, -0.1) is 0 Å². The summed E-state index contributed by atoms with van der Waals surface area (Å²) in [5.74, 6) is 2.79. The molecular weight excluding hydrogens is 368 g/mol. The Morgan fingerprint density at radius 1 is 0.862 bits per heavy atom. The van der Waals surface area contributed by atoms with E-state index in [1.807, 2.05) is 24.3 Å². The summed E-state index contributed by atoms with van der Waals surface area (Å²) in [7, 11) is 0. The average Bonchev–Trinajstić information content (AvgIpc) is 3.24. The first-order chi connectivity index (χ1) is 14.3. The molecule has 3 N–H and O–H groups in total. The minimum absolute atomic E-state index is 0.244. The van der Waals surface area contributed by atoms with E-state index in [1.165, 1.54) is 5.69 Å². The van der Waals surface area contributed by atoms with Gasteiger partial charge in [-0.25, -0.2) is 9.97 Å². The fourth-order valence-corrected chi connectivity index (χ4v) is 3.66. The number of nitrogens with one attached hydrogen (secondary N) is 1. The van der Waals surface area contributed by atoms with Gasteiger partial charge in [0, 0.05) is 43.6 Å². The van der Waals surface area contributed by atoms with Crippen molar-refractivity contribution in [1.29, 1.82) is 0 Å². The summed E-state index contributed by atoms with van der Waals surface area (Å²) in [6, 6.07) is 16.1. The van der Waals surface area contributed by atoms with Crippen molar-refractivity contribution >= 4 is 28.7 Å². The van der Waals surface area contributed by atoms with E-state index in [2.05, 4.69) is 49.4 Å². The van der Waals surface area contributed by atoms with Gasteiger partial charge >= 0.3 is 0 Å². The quantitative estimate of drug-likeness (QED) is 0.703. The Balaban J connectivity index is 1.31. The zero-order valence-corrected chi connectivity index (χ0v) is 15.9. The van der Waals surface area contributed by atoms with Gasteiger partial charge in [0.15, 0.2) is 23.1 Å². The minimum Gasteiger partial charge on any atom is -0.454 e. The van der Waals surface area contributed by atoms with E-state index < -0.39 is 0 Å². The second kappa shape index (κ2) is 7.38. The van der Waals surface area contributed by atoms with E-state index in [0.717, 1.165) is 43.4 Å². The molecule has 0 amide bonds. The van der Waals surface area contributed by atoms with Gasteiger partial charge in [-0.2, -0.15) is 0 Å². The molecule has 0 atom stereocenters. The number of nitrogens with two attached hydrogens (primary N) is 1. The van der Waals surface area contributed by atoms with Crippen LogP contribution in [0, 0.1) is 0 Å². The molecule has 8 nitrogen and oxygen atoms in total. The minimum atomic E-state index is 0.244. The maximum atomic E-state index is 6.42. The van der Waals surface area contributed by atoms with Gasteiger partial charge in [-0.1, -0.05) is 18.2 Å².